The Morgan fingerprint density at radius 1 is 1.43 bits per heavy atom. The first-order valence-corrected chi connectivity index (χ1v) is 4.66. The van der Waals surface area contributed by atoms with Crippen LogP contribution in [0, 0.1) is 0 Å². The van der Waals surface area contributed by atoms with Gasteiger partial charge >= 0.3 is 5.97 Å². The lowest BCUT2D eigenvalue weighted by molar-refractivity contribution is -0.132. The van der Waals surface area contributed by atoms with Crippen molar-refractivity contribution < 1.29 is 14.7 Å². The van der Waals surface area contributed by atoms with Crippen LogP contribution in [0.2, 0.25) is 0 Å². The fraction of sp³-hybridized carbons (Fsp3) is 0.455. The molecule has 0 aliphatic rings. The summed E-state index contributed by atoms with van der Waals surface area (Å²) in [6, 6.07) is 0. The van der Waals surface area contributed by atoms with Gasteiger partial charge in [-0.1, -0.05) is 24.6 Å². The topological polar surface area (TPSA) is 54.4 Å². The molecule has 0 aliphatic heterocycles. The van der Waals surface area contributed by atoms with Crippen LogP contribution in [0.3, 0.4) is 0 Å². The summed E-state index contributed by atoms with van der Waals surface area (Å²) in [4.78, 5) is 20.9. The van der Waals surface area contributed by atoms with Gasteiger partial charge in [-0.2, -0.15) is 0 Å². The molecule has 0 heterocycles. The van der Waals surface area contributed by atoms with Crippen molar-refractivity contribution in [2.45, 2.75) is 33.1 Å². The summed E-state index contributed by atoms with van der Waals surface area (Å²) in [6.07, 6.45) is 5.89. The molecule has 3 nitrogen and oxygen atoms in total. The molecule has 14 heavy (non-hydrogen) atoms. The maximum absolute atomic E-state index is 10.8. The minimum Gasteiger partial charge on any atom is -0.478 e. The Hall–Kier alpha value is -1.38. The van der Waals surface area contributed by atoms with Gasteiger partial charge in [-0.15, -0.1) is 0 Å². The van der Waals surface area contributed by atoms with Crippen LogP contribution in [0.4, 0.5) is 0 Å². The molecular formula is C11H16O3. The van der Waals surface area contributed by atoms with E-state index >= 15 is 0 Å². The summed E-state index contributed by atoms with van der Waals surface area (Å²) in [5, 5.41) is 8.87. The summed E-state index contributed by atoms with van der Waals surface area (Å²) in [5.41, 5.74) is 1.04. The Balaban J connectivity index is 4.66. The van der Waals surface area contributed by atoms with Crippen LogP contribution in [0.25, 0.3) is 0 Å². The van der Waals surface area contributed by atoms with Gasteiger partial charge in [0.25, 0.3) is 0 Å². The molecule has 0 spiro atoms. The molecule has 0 aromatic rings. The molecule has 78 valence electrons. The van der Waals surface area contributed by atoms with Gasteiger partial charge in [0, 0.05) is 6.42 Å². The Morgan fingerprint density at radius 2 is 2.07 bits per heavy atom. The summed E-state index contributed by atoms with van der Waals surface area (Å²) >= 11 is 0. The number of carboxylic acids is 1. The van der Waals surface area contributed by atoms with Crippen LogP contribution >= 0.6 is 0 Å². The van der Waals surface area contributed by atoms with E-state index in [1.807, 2.05) is 6.92 Å². The molecule has 1 N–H and O–H groups in total. The van der Waals surface area contributed by atoms with E-state index < -0.39 is 5.97 Å². The van der Waals surface area contributed by atoms with Crippen LogP contribution in [0.1, 0.15) is 33.1 Å². The fourth-order valence-electron chi connectivity index (χ4n) is 1.04. The van der Waals surface area contributed by atoms with Crippen LogP contribution in [0.5, 0.6) is 0 Å². The van der Waals surface area contributed by atoms with E-state index in [1.165, 1.54) is 0 Å². The largest absolute Gasteiger partial charge is 0.478 e. The number of allylic oxidation sites excluding steroid dienone is 2. The van der Waals surface area contributed by atoms with Crippen molar-refractivity contribution in [3.05, 3.63) is 23.3 Å². The van der Waals surface area contributed by atoms with Crippen molar-refractivity contribution in [2.24, 2.45) is 0 Å². The maximum Gasteiger partial charge on any atom is 0.335 e. The summed E-state index contributed by atoms with van der Waals surface area (Å²) in [7, 11) is 0. The molecular weight excluding hydrogens is 180 g/mol. The van der Waals surface area contributed by atoms with Gasteiger partial charge in [0.15, 0.2) is 0 Å². The van der Waals surface area contributed by atoms with Gasteiger partial charge in [-0.05, 0) is 19.8 Å². The normalized spacial score (nSPS) is 12.7. The van der Waals surface area contributed by atoms with E-state index in [-0.39, 0.29) is 0 Å². The van der Waals surface area contributed by atoms with E-state index in [4.69, 9.17) is 5.11 Å². The van der Waals surface area contributed by atoms with E-state index in [9.17, 15) is 9.59 Å². The third-order valence-electron chi connectivity index (χ3n) is 1.85. The highest BCUT2D eigenvalue weighted by molar-refractivity contribution is 5.90. The SMILES string of the molecule is CC/C=C\C(C(=O)O)=C(/C)CCC=O. The lowest BCUT2D eigenvalue weighted by atomic mass is 10.0. The standard InChI is InChI=1S/C11H16O3/c1-3-4-7-10(11(13)14)9(2)6-5-8-12/h4,7-8H,3,5-6H2,1-2H3,(H,13,14)/b7-4-,10-9-. The smallest absolute Gasteiger partial charge is 0.335 e. The second kappa shape index (κ2) is 7.06. The first-order chi connectivity index (χ1) is 6.63. The maximum atomic E-state index is 10.8. The predicted octanol–water partition coefficient (Wildman–Crippen LogP) is 2.33. The molecule has 0 aromatic heterocycles. The van der Waals surface area contributed by atoms with Crippen LogP contribution in [-0.4, -0.2) is 17.4 Å². The Morgan fingerprint density at radius 3 is 2.50 bits per heavy atom. The number of hydrogen-bond acceptors (Lipinski definition) is 2. The molecule has 0 fully saturated rings. The quantitative estimate of drug-likeness (QED) is 0.403. The summed E-state index contributed by atoms with van der Waals surface area (Å²) < 4.78 is 0. The predicted molar refractivity (Wildman–Crippen MR) is 55.1 cm³/mol. The van der Waals surface area contributed by atoms with Gasteiger partial charge in [-0.25, -0.2) is 4.79 Å². The highest BCUT2D eigenvalue weighted by Gasteiger charge is 2.06. The van der Waals surface area contributed by atoms with Gasteiger partial charge in [0.05, 0.1) is 5.57 Å². The lowest BCUT2D eigenvalue weighted by Crippen LogP contribution is -2.01. The highest BCUT2D eigenvalue weighted by atomic mass is 16.4. The molecule has 0 unspecified atom stereocenters. The summed E-state index contributed by atoms with van der Waals surface area (Å²) in [6.45, 7) is 3.68. The number of carbonyl (C=O) groups excluding carboxylic acids is 1. The highest BCUT2D eigenvalue weighted by Crippen LogP contribution is 2.12. The third kappa shape index (κ3) is 4.60. The van der Waals surface area contributed by atoms with Crippen molar-refractivity contribution in [2.75, 3.05) is 0 Å². The molecule has 0 radical (unpaired) electrons. The first-order valence-electron chi connectivity index (χ1n) is 4.66. The van der Waals surface area contributed by atoms with E-state index in [0.717, 1.165) is 18.3 Å². The van der Waals surface area contributed by atoms with Crippen LogP contribution in [0.15, 0.2) is 23.3 Å². The number of carboxylic acid groups (broad SMARTS) is 1. The van der Waals surface area contributed by atoms with Crippen molar-refractivity contribution in [3.63, 3.8) is 0 Å². The minimum absolute atomic E-state index is 0.300. The zero-order chi connectivity index (χ0) is 11.0. The van der Waals surface area contributed by atoms with Gasteiger partial charge < -0.3 is 9.90 Å². The molecule has 0 atom stereocenters. The van der Waals surface area contributed by atoms with Crippen molar-refractivity contribution >= 4 is 12.3 Å². The molecule has 3 heteroatoms. The fourth-order valence-corrected chi connectivity index (χ4v) is 1.04. The van der Waals surface area contributed by atoms with E-state index in [2.05, 4.69) is 0 Å². The zero-order valence-electron chi connectivity index (χ0n) is 8.62. The number of aldehydes is 1. The zero-order valence-corrected chi connectivity index (χ0v) is 8.62. The van der Waals surface area contributed by atoms with Crippen LogP contribution < -0.4 is 0 Å². The first kappa shape index (κ1) is 12.6. The summed E-state index contributed by atoms with van der Waals surface area (Å²) in [5.74, 6) is -0.932. The Bertz CT molecular complexity index is 262. The van der Waals surface area contributed by atoms with Crippen molar-refractivity contribution in [1.29, 1.82) is 0 Å². The lowest BCUT2D eigenvalue weighted by Gasteiger charge is -2.01. The number of rotatable bonds is 6. The molecule has 0 rings (SSSR count). The number of carbonyl (C=O) groups is 2. The van der Waals surface area contributed by atoms with Crippen LogP contribution in [-0.2, 0) is 9.59 Å². The molecule has 0 aromatic carbocycles. The number of aliphatic carboxylic acids is 1. The average molecular weight is 196 g/mol. The second-order valence-electron chi connectivity index (χ2n) is 3.02. The Labute approximate surface area is 84.1 Å². The molecule has 0 saturated carbocycles. The number of hydrogen-bond donors (Lipinski definition) is 1. The molecule has 0 amide bonds. The Kier molecular flexibility index (Phi) is 6.37. The van der Waals surface area contributed by atoms with Gasteiger partial charge in [0.1, 0.15) is 6.29 Å². The molecule has 0 aliphatic carbocycles. The minimum atomic E-state index is -0.932. The van der Waals surface area contributed by atoms with E-state index in [1.54, 1.807) is 19.1 Å². The van der Waals surface area contributed by atoms with Crippen molar-refractivity contribution in [3.8, 4) is 0 Å². The van der Waals surface area contributed by atoms with E-state index in [0.29, 0.717) is 18.4 Å². The third-order valence-corrected chi connectivity index (χ3v) is 1.85. The molecule has 0 saturated heterocycles. The van der Waals surface area contributed by atoms with Gasteiger partial charge in [0.2, 0.25) is 0 Å². The van der Waals surface area contributed by atoms with Crippen molar-refractivity contribution in [1.82, 2.24) is 0 Å². The second-order valence-corrected chi connectivity index (χ2v) is 3.02. The molecule has 0 bridgehead atoms. The van der Waals surface area contributed by atoms with Gasteiger partial charge in [-0.3, -0.25) is 0 Å². The monoisotopic (exact) mass is 196 g/mol. The average Bonchev–Trinajstić information content (AvgIpc) is 2.14.